The van der Waals surface area contributed by atoms with Crippen molar-refractivity contribution in [3.05, 3.63) is 18.1 Å². The van der Waals surface area contributed by atoms with Crippen LogP contribution in [0.25, 0.3) is 0 Å². The Kier molecular flexibility index (Phi) is 1.34. The summed E-state index contributed by atoms with van der Waals surface area (Å²) < 4.78 is 20.8. The molecule has 0 bridgehead atoms. The van der Waals surface area contributed by atoms with Gasteiger partial charge in [-0.15, -0.1) is 0 Å². The van der Waals surface area contributed by atoms with Crippen LogP contribution < -0.4 is 4.43 Å². The van der Waals surface area contributed by atoms with E-state index in [2.05, 4.69) is 19.3 Å². The molecule has 1 rings (SSSR count). The fourth-order valence-electron chi connectivity index (χ4n) is 0.353. The molecule has 0 fully saturated rings. The molecule has 0 saturated carbocycles. The average molecular weight is 129 g/mol. The normalized spacial score (nSPS) is 9.25. The zero-order valence-electron chi connectivity index (χ0n) is 3.85. The van der Waals surface area contributed by atoms with E-state index in [1.165, 1.54) is 6.26 Å². The van der Waals surface area contributed by atoms with Gasteiger partial charge in [0, 0.05) is 6.07 Å². The topological polar surface area (TPSA) is 22.4 Å². The zero-order chi connectivity index (χ0) is 5.98. The molecule has 8 heavy (non-hydrogen) atoms. The fourth-order valence-corrected chi connectivity index (χ4v) is 0.498. The Balaban J connectivity index is 2.92. The van der Waals surface area contributed by atoms with E-state index in [4.69, 9.17) is 0 Å². The van der Waals surface area contributed by atoms with Crippen LogP contribution in [0.5, 0.6) is 5.95 Å². The van der Waals surface area contributed by atoms with Gasteiger partial charge in [-0.25, -0.2) is 0 Å². The third kappa shape index (κ3) is 0.741. The highest BCUT2D eigenvalue weighted by Crippen LogP contribution is 2.15. The van der Waals surface area contributed by atoms with Gasteiger partial charge in [0.2, 0.25) is 5.82 Å². The summed E-state index contributed by atoms with van der Waals surface area (Å²) in [5.74, 6) is -0.665. The largest absolute Gasteiger partial charge is 0.513 e. The van der Waals surface area contributed by atoms with Gasteiger partial charge in [-0.05, 0) is 0 Å². The molecule has 0 saturated heterocycles. The standard InChI is InChI=1S/C4H2FO2Si/c5-3-1-2-6-4(3)7-8/h1-2H. The van der Waals surface area contributed by atoms with E-state index < -0.39 is 5.82 Å². The van der Waals surface area contributed by atoms with Gasteiger partial charge in [0.05, 0.1) is 6.26 Å². The van der Waals surface area contributed by atoms with E-state index >= 15 is 0 Å². The molecule has 0 N–H and O–H groups in total. The van der Waals surface area contributed by atoms with Gasteiger partial charge in [-0.3, -0.25) is 0 Å². The molecule has 0 atom stereocenters. The molecule has 0 amide bonds. The number of rotatable bonds is 1. The lowest BCUT2D eigenvalue weighted by molar-refractivity contribution is 0.381. The van der Waals surface area contributed by atoms with Gasteiger partial charge < -0.3 is 8.84 Å². The monoisotopic (exact) mass is 129 g/mol. The van der Waals surface area contributed by atoms with Crippen LogP contribution in [0.2, 0.25) is 0 Å². The van der Waals surface area contributed by atoms with Crippen LogP contribution in [0, 0.1) is 5.82 Å². The summed E-state index contributed by atoms with van der Waals surface area (Å²) in [4.78, 5) is 0. The molecule has 0 spiro atoms. The first-order valence-electron chi connectivity index (χ1n) is 1.91. The predicted molar refractivity (Wildman–Crippen MR) is 25.0 cm³/mol. The maximum atomic E-state index is 12.1. The van der Waals surface area contributed by atoms with Crippen LogP contribution in [-0.4, -0.2) is 10.5 Å². The van der Waals surface area contributed by atoms with Crippen molar-refractivity contribution in [3.8, 4) is 5.95 Å². The summed E-state index contributed by atoms with van der Waals surface area (Å²) >= 11 is 0. The lowest BCUT2D eigenvalue weighted by Crippen LogP contribution is -1.83. The molecule has 0 aliphatic carbocycles. The van der Waals surface area contributed by atoms with Crippen LogP contribution in [0.4, 0.5) is 4.39 Å². The minimum atomic E-state index is -0.514. The molecule has 0 aliphatic heterocycles. The first kappa shape index (κ1) is 5.37. The van der Waals surface area contributed by atoms with Crippen LogP contribution in [0.3, 0.4) is 0 Å². The second kappa shape index (κ2) is 2.00. The van der Waals surface area contributed by atoms with Crippen molar-refractivity contribution in [1.82, 2.24) is 0 Å². The van der Waals surface area contributed by atoms with Crippen molar-refractivity contribution in [2.24, 2.45) is 0 Å². The minimum absolute atomic E-state index is 0.151. The Hall–Kier alpha value is -0.773. The van der Waals surface area contributed by atoms with Gasteiger partial charge >= 0.3 is 16.4 Å². The summed E-state index contributed by atoms with van der Waals surface area (Å²) in [6, 6.07) is 1.16. The molecule has 3 radical (unpaired) electrons. The van der Waals surface area contributed by atoms with E-state index in [9.17, 15) is 4.39 Å². The molecule has 1 aromatic heterocycles. The van der Waals surface area contributed by atoms with Crippen molar-refractivity contribution >= 4 is 10.5 Å². The maximum absolute atomic E-state index is 12.1. The van der Waals surface area contributed by atoms with E-state index in [-0.39, 0.29) is 5.95 Å². The molecule has 0 aromatic carbocycles. The molecular formula is C4H2FO2Si. The van der Waals surface area contributed by atoms with Gasteiger partial charge in [0.25, 0.3) is 0 Å². The Morgan fingerprint density at radius 2 is 2.50 bits per heavy atom. The summed E-state index contributed by atoms with van der Waals surface area (Å²) in [6.45, 7) is 0. The molecular weight excluding hydrogens is 127 g/mol. The van der Waals surface area contributed by atoms with Crippen molar-refractivity contribution in [1.29, 1.82) is 0 Å². The minimum Gasteiger partial charge on any atom is -0.513 e. The van der Waals surface area contributed by atoms with E-state index in [1.54, 1.807) is 0 Å². The van der Waals surface area contributed by atoms with Gasteiger partial charge in [0.1, 0.15) is 0 Å². The first-order valence-corrected chi connectivity index (χ1v) is 2.32. The van der Waals surface area contributed by atoms with Crippen LogP contribution in [-0.2, 0) is 0 Å². The number of halogens is 1. The van der Waals surface area contributed by atoms with Crippen LogP contribution >= 0.6 is 0 Å². The van der Waals surface area contributed by atoms with Gasteiger partial charge in [0.15, 0.2) is 0 Å². The number of hydrogen-bond donors (Lipinski definition) is 0. The summed E-state index contributed by atoms with van der Waals surface area (Å²) in [5, 5.41) is 0. The van der Waals surface area contributed by atoms with Gasteiger partial charge in [-0.2, -0.15) is 4.39 Å². The van der Waals surface area contributed by atoms with Gasteiger partial charge in [-0.1, -0.05) is 0 Å². The molecule has 1 heterocycles. The van der Waals surface area contributed by atoms with Crippen molar-refractivity contribution in [2.45, 2.75) is 0 Å². The second-order valence-corrected chi connectivity index (χ2v) is 1.36. The first-order chi connectivity index (χ1) is 3.84. The highest BCUT2D eigenvalue weighted by atomic mass is 28.2. The Bertz CT molecular complexity index is 174. The quantitative estimate of drug-likeness (QED) is 0.525. The van der Waals surface area contributed by atoms with E-state index in [1.807, 2.05) is 0 Å². The molecule has 41 valence electrons. The van der Waals surface area contributed by atoms with Crippen LogP contribution in [0.1, 0.15) is 0 Å². The van der Waals surface area contributed by atoms with Crippen LogP contribution in [0.15, 0.2) is 16.7 Å². The predicted octanol–water partition coefficient (Wildman–Crippen LogP) is 0.881. The van der Waals surface area contributed by atoms with Crippen molar-refractivity contribution in [3.63, 3.8) is 0 Å². The number of hydrogen-bond acceptors (Lipinski definition) is 2. The molecule has 4 heteroatoms. The smallest absolute Gasteiger partial charge is 0.345 e. The van der Waals surface area contributed by atoms with Crippen molar-refractivity contribution in [2.75, 3.05) is 0 Å². The molecule has 1 aromatic rings. The summed E-state index contributed by atoms with van der Waals surface area (Å²) in [5.41, 5.74) is 0. The van der Waals surface area contributed by atoms with E-state index in [0.29, 0.717) is 0 Å². The zero-order valence-corrected chi connectivity index (χ0v) is 4.85. The highest BCUT2D eigenvalue weighted by molar-refractivity contribution is 5.99. The lowest BCUT2D eigenvalue weighted by atomic mass is 10.6. The Morgan fingerprint density at radius 1 is 1.75 bits per heavy atom. The fraction of sp³-hybridized carbons (Fsp3) is 0. The summed E-state index contributed by atoms with van der Waals surface area (Å²) in [6.07, 6.45) is 1.20. The maximum Gasteiger partial charge on any atom is 0.345 e. The SMILES string of the molecule is Fc1ccoc1O[Si]. The van der Waals surface area contributed by atoms with E-state index in [0.717, 1.165) is 6.07 Å². The molecule has 0 aliphatic rings. The Labute approximate surface area is 48.8 Å². The lowest BCUT2D eigenvalue weighted by Gasteiger charge is -1.88. The summed E-state index contributed by atoms with van der Waals surface area (Å²) in [7, 11) is 2.60. The number of furan rings is 1. The second-order valence-electron chi connectivity index (χ2n) is 1.16. The average Bonchev–Trinajstić information content (AvgIpc) is 2.14. The molecule has 0 unspecified atom stereocenters. The van der Waals surface area contributed by atoms with Crippen molar-refractivity contribution < 1.29 is 13.2 Å². The highest BCUT2D eigenvalue weighted by Gasteiger charge is 2.01. The molecule has 2 nitrogen and oxygen atoms in total. The third-order valence-electron chi connectivity index (χ3n) is 0.677. The third-order valence-corrected chi connectivity index (χ3v) is 0.863. The Morgan fingerprint density at radius 3 is 2.75 bits per heavy atom.